The van der Waals surface area contributed by atoms with Crippen molar-refractivity contribution in [3.8, 4) is 0 Å². The molecule has 0 bridgehead atoms. The molecule has 3 N–H and O–H groups in total. The predicted octanol–water partition coefficient (Wildman–Crippen LogP) is 4.35. The lowest BCUT2D eigenvalue weighted by Gasteiger charge is -2.24. The van der Waals surface area contributed by atoms with Crippen LogP contribution in [-0.4, -0.2) is 25.0 Å². The summed E-state index contributed by atoms with van der Waals surface area (Å²) in [6, 6.07) is 11.8. The molecular weight excluding hydrogens is 379 g/mol. The quantitative estimate of drug-likeness (QED) is 0.716. The molecule has 2 aromatic carbocycles. The fourth-order valence-electron chi connectivity index (χ4n) is 2.95. The third-order valence-corrected chi connectivity index (χ3v) is 4.31. The predicted molar refractivity (Wildman–Crippen MR) is 102 cm³/mol. The number of benzene rings is 2. The van der Waals surface area contributed by atoms with E-state index in [0.717, 1.165) is 38.1 Å². The van der Waals surface area contributed by atoms with Crippen molar-refractivity contribution in [2.45, 2.75) is 25.1 Å². The standard InChI is InChI=1S/C19H20F3N3O.ClH/c20-19(21,22)13-4-3-5-15(12-13)24-17-7-2-1-6-16(17)18(26)25-14-8-10-23-11-9-14;/h1-7,12,14,23-24H,8-11H2,(H,25,26);1H. The number of carbonyl (C=O) groups is 1. The number of para-hydroxylation sites is 1. The van der Waals surface area contributed by atoms with Crippen molar-refractivity contribution in [3.05, 3.63) is 59.7 Å². The highest BCUT2D eigenvalue weighted by atomic mass is 35.5. The van der Waals surface area contributed by atoms with Crippen molar-refractivity contribution in [1.82, 2.24) is 10.6 Å². The van der Waals surface area contributed by atoms with E-state index in [4.69, 9.17) is 0 Å². The van der Waals surface area contributed by atoms with Gasteiger partial charge in [-0.3, -0.25) is 4.79 Å². The molecule has 1 saturated heterocycles. The second kappa shape index (κ2) is 9.10. The minimum absolute atomic E-state index is 0. The Labute approximate surface area is 161 Å². The fourth-order valence-corrected chi connectivity index (χ4v) is 2.95. The number of hydrogen-bond acceptors (Lipinski definition) is 3. The lowest BCUT2D eigenvalue weighted by atomic mass is 10.1. The zero-order valence-electron chi connectivity index (χ0n) is 14.5. The van der Waals surface area contributed by atoms with Gasteiger partial charge in [0, 0.05) is 11.7 Å². The van der Waals surface area contributed by atoms with Crippen molar-refractivity contribution in [1.29, 1.82) is 0 Å². The van der Waals surface area contributed by atoms with Gasteiger partial charge in [-0.05, 0) is 56.3 Å². The summed E-state index contributed by atoms with van der Waals surface area (Å²) >= 11 is 0. The largest absolute Gasteiger partial charge is 0.416 e. The number of carbonyl (C=O) groups excluding carboxylic acids is 1. The molecule has 1 heterocycles. The Morgan fingerprint density at radius 3 is 2.44 bits per heavy atom. The Hall–Kier alpha value is -2.25. The first-order valence-electron chi connectivity index (χ1n) is 8.48. The highest BCUT2D eigenvalue weighted by Crippen LogP contribution is 2.31. The Bertz CT molecular complexity index is 777. The van der Waals surface area contributed by atoms with Crippen molar-refractivity contribution < 1.29 is 18.0 Å². The molecule has 146 valence electrons. The Kier molecular flexibility index (Phi) is 7.10. The lowest BCUT2D eigenvalue weighted by molar-refractivity contribution is -0.137. The van der Waals surface area contributed by atoms with E-state index >= 15 is 0 Å². The van der Waals surface area contributed by atoms with Crippen LogP contribution in [-0.2, 0) is 6.18 Å². The highest BCUT2D eigenvalue weighted by molar-refractivity contribution is 6.00. The van der Waals surface area contributed by atoms with Crippen LogP contribution in [0.1, 0.15) is 28.8 Å². The van der Waals surface area contributed by atoms with Crippen molar-refractivity contribution in [2.75, 3.05) is 18.4 Å². The monoisotopic (exact) mass is 399 g/mol. The fraction of sp³-hybridized carbons (Fsp3) is 0.316. The molecule has 0 unspecified atom stereocenters. The molecule has 0 spiro atoms. The first kappa shape index (κ1) is 21.1. The molecule has 1 amide bonds. The number of alkyl halides is 3. The summed E-state index contributed by atoms with van der Waals surface area (Å²) < 4.78 is 38.6. The minimum Gasteiger partial charge on any atom is -0.355 e. The van der Waals surface area contributed by atoms with Crippen molar-refractivity contribution in [2.24, 2.45) is 0 Å². The van der Waals surface area contributed by atoms with Gasteiger partial charge in [-0.2, -0.15) is 13.2 Å². The molecule has 0 saturated carbocycles. The molecule has 0 atom stereocenters. The zero-order chi connectivity index (χ0) is 18.6. The summed E-state index contributed by atoms with van der Waals surface area (Å²) in [5, 5.41) is 9.16. The van der Waals surface area contributed by atoms with Crippen LogP contribution in [0.5, 0.6) is 0 Å². The van der Waals surface area contributed by atoms with Gasteiger partial charge in [0.2, 0.25) is 0 Å². The SMILES string of the molecule is Cl.O=C(NC1CCNCC1)c1ccccc1Nc1cccc(C(F)(F)F)c1. The van der Waals surface area contributed by atoms with E-state index in [1.807, 2.05) is 0 Å². The van der Waals surface area contributed by atoms with Crippen LogP contribution in [0, 0.1) is 0 Å². The summed E-state index contributed by atoms with van der Waals surface area (Å²) in [5.74, 6) is -0.230. The summed E-state index contributed by atoms with van der Waals surface area (Å²) in [4.78, 5) is 12.6. The number of hydrogen-bond donors (Lipinski definition) is 3. The number of anilines is 2. The van der Waals surface area contributed by atoms with Crippen molar-refractivity contribution in [3.63, 3.8) is 0 Å². The number of halogens is 4. The Morgan fingerprint density at radius 2 is 1.74 bits per heavy atom. The average Bonchev–Trinajstić information content (AvgIpc) is 2.62. The van der Waals surface area contributed by atoms with E-state index in [-0.39, 0.29) is 30.0 Å². The number of rotatable bonds is 4. The second-order valence-electron chi connectivity index (χ2n) is 6.25. The third-order valence-electron chi connectivity index (χ3n) is 4.31. The van der Waals surface area contributed by atoms with Gasteiger partial charge in [0.1, 0.15) is 0 Å². The van der Waals surface area contributed by atoms with Gasteiger partial charge in [-0.15, -0.1) is 12.4 Å². The zero-order valence-corrected chi connectivity index (χ0v) is 15.3. The topological polar surface area (TPSA) is 53.2 Å². The van der Waals surface area contributed by atoms with Gasteiger partial charge in [-0.25, -0.2) is 0 Å². The Balaban J connectivity index is 0.00000261. The van der Waals surface area contributed by atoms with Gasteiger partial charge in [0.15, 0.2) is 0 Å². The number of nitrogens with one attached hydrogen (secondary N) is 3. The average molecular weight is 400 g/mol. The van der Waals surface area contributed by atoms with Gasteiger partial charge in [0.25, 0.3) is 5.91 Å². The summed E-state index contributed by atoms with van der Waals surface area (Å²) in [5.41, 5.74) is 0.419. The molecular formula is C19H21ClF3N3O. The molecule has 8 heteroatoms. The van der Waals surface area contributed by atoms with Gasteiger partial charge in [0.05, 0.1) is 16.8 Å². The summed E-state index contributed by atoms with van der Waals surface area (Å²) in [7, 11) is 0. The lowest BCUT2D eigenvalue weighted by Crippen LogP contribution is -2.42. The molecule has 4 nitrogen and oxygen atoms in total. The summed E-state index contributed by atoms with van der Waals surface area (Å²) in [6.45, 7) is 1.71. The molecule has 0 radical (unpaired) electrons. The van der Waals surface area contributed by atoms with Crippen LogP contribution >= 0.6 is 12.4 Å². The third kappa shape index (κ3) is 5.61. The van der Waals surface area contributed by atoms with Crippen molar-refractivity contribution >= 4 is 29.7 Å². The number of piperidine rings is 1. The molecule has 27 heavy (non-hydrogen) atoms. The first-order valence-corrected chi connectivity index (χ1v) is 8.48. The maximum Gasteiger partial charge on any atom is 0.416 e. The molecule has 1 fully saturated rings. The van der Waals surface area contributed by atoms with E-state index in [2.05, 4.69) is 16.0 Å². The van der Waals surface area contributed by atoms with Crippen LogP contribution in [0.15, 0.2) is 48.5 Å². The summed E-state index contributed by atoms with van der Waals surface area (Å²) in [6.07, 6.45) is -2.70. The highest BCUT2D eigenvalue weighted by Gasteiger charge is 2.30. The van der Waals surface area contributed by atoms with Crippen LogP contribution < -0.4 is 16.0 Å². The van der Waals surface area contributed by atoms with E-state index in [1.165, 1.54) is 12.1 Å². The minimum atomic E-state index is -4.41. The van der Waals surface area contributed by atoms with Crippen LogP contribution in [0.4, 0.5) is 24.5 Å². The molecule has 0 aliphatic carbocycles. The molecule has 2 aromatic rings. The van der Waals surface area contributed by atoms with Gasteiger partial charge >= 0.3 is 6.18 Å². The molecule has 3 rings (SSSR count). The molecule has 1 aliphatic rings. The van der Waals surface area contributed by atoms with Crippen LogP contribution in [0.3, 0.4) is 0 Å². The first-order chi connectivity index (χ1) is 12.4. The molecule has 0 aromatic heterocycles. The van der Waals surface area contributed by atoms with Gasteiger partial charge in [-0.1, -0.05) is 18.2 Å². The second-order valence-corrected chi connectivity index (χ2v) is 6.25. The number of amides is 1. The van der Waals surface area contributed by atoms with Crippen LogP contribution in [0.25, 0.3) is 0 Å². The Morgan fingerprint density at radius 1 is 1.04 bits per heavy atom. The van der Waals surface area contributed by atoms with E-state index in [1.54, 1.807) is 24.3 Å². The van der Waals surface area contributed by atoms with E-state index in [0.29, 0.717) is 11.3 Å². The normalized spacial score (nSPS) is 14.9. The molecule has 1 aliphatic heterocycles. The van der Waals surface area contributed by atoms with E-state index < -0.39 is 11.7 Å². The smallest absolute Gasteiger partial charge is 0.355 e. The maximum absolute atomic E-state index is 12.9. The van der Waals surface area contributed by atoms with Gasteiger partial charge < -0.3 is 16.0 Å². The van der Waals surface area contributed by atoms with E-state index in [9.17, 15) is 18.0 Å². The maximum atomic E-state index is 12.9. The van der Waals surface area contributed by atoms with Crippen LogP contribution in [0.2, 0.25) is 0 Å².